The molecule has 1 aromatic rings. The summed E-state index contributed by atoms with van der Waals surface area (Å²) in [6.45, 7) is 11.1. The maximum absolute atomic E-state index is 13.3. The molecule has 0 aromatic heterocycles. The molecule has 0 saturated heterocycles. The summed E-state index contributed by atoms with van der Waals surface area (Å²) < 4.78 is 19.1. The van der Waals surface area contributed by atoms with Crippen molar-refractivity contribution in [3.63, 3.8) is 0 Å². The lowest BCUT2D eigenvalue weighted by Crippen LogP contribution is -2.27. The summed E-state index contributed by atoms with van der Waals surface area (Å²) >= 11 is 0. The van der Waals surface area contributed by atoms with Crippen LogP contribution >= 0.6 is 0 Å². The van der Waals surface area contributed by atoms with Gasteiger partial charge in [0.1, 0.15) is 5.82 Å². The van der Waals surface area contributed by atoms with Crippen LogP contribution in [0, 0.1) is 11.7 Å². The smallest absolute Gasteiger partial charge is 0.123 e. The molecule has 1 atom stereocenters. The fraction of sp³-hybridized carbons (Fsp3) is 0.667. The average Bonchev–Trinajstić information content (AvgIpc) is 2.37. The topological polar surface area (TPSA) is 21.3 Å². The molecule has 21 heavy (non-hydrogen) atoms. The zero-order valence-corrected chi connectivity index (χ0v) is 13.9. The van der Waals surface area contributed by atoms with Gasteiger partial charge in [-0.1, -0.05) is 19.1 Å². The molecule has 0 spiro atoms. The number of halogens is 1. The summed E-state index contributed by atoms with van der Waals surface area (Å²) in [7, 11) is 0. The van der Waals surface area contributed by atoms with Crippen LogP contribution in [0.15, 0.2) is 24.3 Å². The van der Waals surface area contributed by atoms with Crippen LogP contribution in [0.2, 0.25) is 0 Å². The van der Waals surface area contributed by atoms with Gasteiger partial charge in [0.2, 0.25) is 0 Å². The van der Waals surface area contributed by atoms with E-state index in [-0.39, 0.29) is 11.4 Å². The van der Waals surface area contributed by atoms with Crippen LogP contribution in [0.25, 0.3) is 0 Å². The second kappa shape index (κ2) is 9.16. The Bertz CT molecular complexity index is 400. The van der Waals surface area contributed by atoms with Crippen molar-refractivity contribution in [2.75, 3.05) is 19.7 Å². The lowest BCUT2D eigenvalue weighted by molar-refractivity contribution is -0.00919. The first-order chi connectivity index (χ1) is 9.90. The van der Waals surface area contributed by atoms with Crippen LogP contribution in [0.5, 0.6) is 0 Å². The molecule has 3 heteroatoms. The predicted molar refractivity (Wildman–Crippen MR) is 87.1 cm³/mol. The van der Waals surface area contributed by atoms with Gasteiger partial charge in [-0.2, -0.15) is 0 Å². The Morgan fingerprint density at radius 3 is 2.67 bits per heavy atom. The average molecular weight is 295 g/mol. The summed E-state index contributed by atoms with van der Waals surface area (Å²) in [5.41, 5.74) is 0.967. The Hall–Kier alpha value is -0.930. The van der Waals surface area contributed by atoms with Crippen LogP contribution in [0.4, 0.5) is 4.39 Å². The second-order valence-electron chi connectivity index (χ2n) is 6.65. The zero-order valence-electron chi connectivity index (χ0n) is 13.9. The highest BCUT2D eigenvalue weighted by Crippen LogP contribution is 2.15. The minimum absolute atomic E-state index is 0.0970. The van der Waals surface area contributed by atoms with E-state index < -0.39 is 0 Å². The molecule has 1 aromatic carbocycles. The van der Waals surface area contributed by atoms with Gasteiger partial charge < -0.3 is 10.1 Å². The molecular weight excluding hydrogens is 265 g/mol. The Morgan fingerprint density at radius 2 is 2.05 bits per heavy atom. The quantitative estimate of drug-likeness (QED) is 0.690. The molecule has 0 heterocycles. The van der Waals surface area contributed by atoms with Gasteiger partial charge >= 0.3 is 0 Å². The molecule has 0 aliphatic carbocycles. The fourth-order valence-corrected chi connectivity index (χ4v) is 2.29. The van der Waals surface area contributed by atoms with E-state index >= 15 is 0 Å². The van der Waals surface area contributed by atoms with Crippen LogP contribution in [0.1, 0.15) is 46.1 Å². The van der Waals surface area contributed by atoms with Gasteiger partial charge in [-0.15, -0.1) is 0 Å². The van der Waals surface area contributed by atoms with Crippen LogP contribution in [-0.2, 0) is 11.2 Å². The third-order valence-corrected chi connectivity index (χ3v) is 3.33. The maximum Gasteiger partial charge on any atom is 0.123 e. The van der Waals surface area contributed by atoms with E-state index in [1.54, 1.807) is 12.1 Å². The fourth-order valence-electron chi connectivity index (χ4n) is 2.29. The van der Waals surface area contributed by atoms with Crippen LogP contribution < -0.4 is 5.32 Å². The molecule has 1 N–H and O–H groups in total. The van der Waals surface area contributed by atoms with E-state index in [0.29, 0.717) is 5.92 Å². The number of ether oxygens (including phenoxy) is 1. The van der Waals surface area contributed by atoms with E-state index in [2.05, 4.69) is 33.0 Å². The van der Waals surface area contributed by atoms with Gasteiger partial charge in [-0.25, -0.2) is 4.39 Å². The van der Waals surface area contributed by atoms with Crippen molar-refractivity contribution >= 4 is 0 Å². The number of nitrogens with one attached hydrogen (secondary N) is 1. The van der Waals surface area contributed by atoms with E-state index in [4.69, 9.17) is 4.74 Å². The van der Waals surface area contributed by atoms with Crippen molar-refractivity contribution in [1.82, 2.24) is 5.32 Å². The van der Waals surface area contributed by atoms with E-state index in [0.717, 1.165) is 44.5 Å². The highest BCUT2D eigenvalue weighted by molar-refractivity contribution is 5.16. The molecule has 0 aliphatic heterocycles. The van der Waals surface area contributed by atoms with E-state index in [1.807, 2.05) is 6.07 Å². The molecule has 2 nitrogen and oxygen atoms in total. The Kier molecular flexibility index (Phi) is 7.91. The lowest BCUT2D eigenvalue weighted by Gasteiger charge is -2.23. The standard InChI is InChI=1S/C18H30FNO/c1-5-10-20-14-16(9-11-21-18(2,3)4)12-15-7-6-8-17(19)13-15/h6-8,13,16,20H,5,9-12,14H2,1-4H3. The van der Waals surface area contributed by atoms with Gasteiger partial charge in [0, 0.05) is 6.61 Å². The molecule has 0 bridgehead atoms. The van der Waals surface area contributed by atoms with E-state index in [1.165, 1.54) is 6.07 Å². The van der Waals surface area contributed by atoms with Gasteiger partial charge in [0.25, 0.3) is 0 Å². The maximum atomic E-state index is 13.3. The highest BCUT2D eigenvalue weighted by atomic mass is 19.1. The first-order valence-corrected chi connectivity index (χ1v) is 8.00. The number of hydrogen-bond donors (Lipinski definition) is 1. The summed E-state index contributed by atoms with van der Waals surface area (Å²) in [4.78, 5) is 0. The van der Waals surface area contributed by atoms with Crippen molar-refractivity contribution in [2.45, 2.75) is 52.6 Å². The monoisotopic (exact) mass is 295 g/mol. The third-order valence-electron chi connectivity index (χ3n) is 3.33. The van der Waals surface area contributed by atoms with Crippen molar-refractivity contribution in [1.29, 1.82) is 0 Å². The molecule has 0 radical (unpaired) electrons. The Balaban J connectivity index is 2.50. The molecular formula is C18H30FNO. The molecule has 0 amide bonds. The van der Waals surface area contributed by atoms with E-state index in [9.17, 15) is 4.39 Å². The summed E-state index contributed by atoms with van der Waals surface area (Å²) in [6, 6.07) is 6.92. The van der Waals surface area contributed by atoms with Crippen LogP contribution in [-0.4, -0.2) is 25.3 Å². The number of benzene rings is 1. The second-order valence-corrected chi connectivity index (χ2v) is 6.65. The minimum Gasteiger partial charge on any atom is -0.376 e. The van der Waals surface area contributed by atoms with Gasteiger partial charge in [0.15, 0.2) is 0 Å². The van der Waals surface area contributed by atoms with Crippen molar-refractivity contribution in [3.05, 3.63) is 35.6 Å². The van der Waals surface area contributed by atoms with Gasteiger partial charge in [-0.05, 0) is 76.7 Å². The highest BCUT2D eigenvalue weighted by Gasteiger charge is 2.14. The molecule has 0 saturated carbocycles. The summed E-state index contributed by atoms with van der Waals surface area (Å²) in [6.07, 6.45) is 3.01. The largest absolute Gasteiger partial charge is 0.376 e. The molecule has 1 unspecified atom stereocenters. The first-order valence-electron chi connectivity index (χ1n) is 8.00. The predicted octanol–water partition coefficient (Wildman–Crippen LogP) is 4.19. The zero-order chi connectivity index (χ0) is 15.7. The SMILES string of the molecule is CCCNCC(CCOC(C)(C)C)Cc1cccc(F)c1. The van der Waals surface area contributed by atoms with Crippen LogP contribution in [0.3, 0.4) is 0 Å². The van der Waals surface area contributed by atoms with Crippen molar-refractivity contribution in [2.24, 2.45) is 5.92 Å². The van der Waals surface area contributed by atoms with Crippen molar-refractivity contribution < 1.29 is 9.13 Å². The lowest BCUT2D eigenvalue weighted by atomic mass is 9.96. The molecule has 0 fully saturated rings. The summed E-state index contributed by atoms with van der Waals surface area (Å²) in [5, 5.41) is 3.47. The first kappa shape index (κ1) is 18.1. The normalized spacial score (nSPS) is 13.4. The third kappa shape index (κ3) is 8.84. The molecule has 0 aliphatic rings. The molecule has 120 valence electrons. The Labute approximate surface area is 129 Å². The van der Waals surface area contributed by atoms with Crippen molar-refractivity contribution in [3.8, 4) is 0 Å². The summed E-state index contributed by atoms with van der Waals surface area (Å²) in [5.74, 6) is 0.319. The van der Waals surface area contributed by atoms with Gasteiger partial charge in [0.05, 0.1) is 5.60 Å². The van der Waals surface area contributed by atoms with Gasteiger partial charge in [-0.3, -0.25) is 0 Å². The number of rotatable bonds is 9. The minimum atomic E-state index is -0.154. The molecule has 1 rings (SSSR count). The number of hydrogen-bond acceptors (Lipinski definition) is 2. The Morgan fingerprint density at radius 1 is 1.29 bits per heavy atom.